The van der Waals surface area contributed by atoms with Crippen LogP contribution < -0.4 is 9.64 Å². The van der Waals surface area contributed by atoms with Gasteiger partial charge in [-0.15, -0.1) is 0 Å². The van der Waals surface area contributed by atoms with Crippen LogP contribution in [0.4, 0.5) is 5.69 Å². The smallest absolute Gasteiger partial charge is 0.139 e. The van der Waals surface area contributed by atoms with Gasteiger partial charge >= 0.3 is 0 Å². The van der Waals surface area contributed by atoms with Crippen molar-refractivity contribution in [3.05, 3.63) is 42.7 Å². The van der Waals surface area contributed by atoms with Gasteiger partial charge in [-0.05, 0) is 23.8 Å². The monoisotopic (exact) mass is 309 g/mol. The summed E-state index contributed by atoms with van der Waals surface area (Å²) in [5.74, 6) is 0.855. The summed E-state index contributed by atoms with van der Waals surface area (Å²) < 4.78 is 10.8. The number of aromatic nitrogens is 2. The summed E-state index contributed by atoms with van der Waals surface area (Å²) in [7, 11) is 1.69. The molecule has 5 nitrogen and oxygen atoms in total. The van der Waals surface area contributed by atoms with Crippen LogP contribution in [0.15, 0.2) is 42.7 Å². The van der Waals surface area contributed by atoms with Gasteiger partial charge < -0.3 is 19.4 Å². The number of methoxy groups -OCH3 is 1. The summed E-state index contributed by atoms with van der Waals surface area (Å²) in [4.78, 5) is 10.1. The Morgan fingerprint density at radius 3 is 2.91 bits per heavy atom. The van der Waals surface area contributed by atoms with Crippen LogP contribution in [0, 0.1) is 0 Å². The van der Waals surface area contributed by atoms with Gasteiger partial charge in [0.05, 0.1) is 26.0 Å². The molecule has 1 aliphatic rings. The van der Waals surface area contributed by atoms with Crippen LogP contribution in [0.2, 0.25) is 0 Å². The molecule has 1 N–H and O–H groups in total. The minimum absolute atomic E-state index is 0.767. The van der Waals surface area contributed by atoms with Crippen LogP contribution >= 0.6 is 0 Å². The zero-order valence-corrected chi connectivity index (χ0v) is 13.1. The Kier molecular flexibility index (Phi) is 3.63. The fraction of sp³-hybridized carbons (Fsp3) is 0.278. The molecular weight excluding hydrogens is 290 g/mol. The molecule has 23 heavy (non-hydrogen) atoms. The van der Waals surface area contributed by atoms with Crippen LogP contribution in [0.5, 0.6) is 5.75 Å². The fourth-order valence-electron chi connectivity index (χ4n) is 3.13. The van der Waals surface area contributed by atoms with Crippen molar-refractivity contribution >= 4 is 16.7 Å². The molecule has 118 valence electrons. The van der Waals surface area contributed by atoms with Gasteiger partial charge in [0, 0.05) is 36.4 Å². The number of morpholine rings is 1. The molecule has 0 unspecified atom stereocenters. The fourth-order valence-corrected chi connectivity index (χ4v) is 3.13. The highest BCUT2D eigenvalue weighted by Crippen LogP contribution is 2.36. The van der Waals surface area contributed by atoms with Crippen molar-refractivity contribution in [3.8, 4) is 16.9 Å². The van der Waals surface area contributed by atoms with E-state index in [0.717, 1.165) is 54.2 Å². The SMILES string of the molecule is COc1cccc(-c2c[nH]c3nccc(N4CCOCC4)c23)c1. The van der Waals surface area contributed by atoms with E-state index in [1.807, 2.05) is 24.5 Å². The zero-order valence-electron chi connectivity index (χ0n) is 13.1. The Balaban J connectivity index is 1.87. The average Bonchev–Trinajstić information content (AvgIpc) is 3.07. The summed E-state index contributed by atoms with van der Waals surface area (Å²) in [6, 6.07) is 10.2. The van der Waals surface area contributed by atoms with E-state index < -0.39 is 0 Å². The van der Waals surface area contributed by atoms with E-state index in [4.69, 9.17) is 9.47 Å². The van der Waals surface area contributed by atoms with Crippen LogP contribution in [0.1, 0.15) is 0 Å². The van der Waals surface area contributed by atoms with Gasteiger partial charge in [0.15, 0.2) is 0 Å². The maximum atomic E-state index is 5.48. The van der Waals surface area contributed by atoms with Crippen molar-refractivity contribution in [3.63, 3.8) is 0 Å². The Morgan fingerprint density at radius 1 is 1.22 bits per heavy atom. The highest BCUT2D eigenvalue weighted by atomic mass is 16.5. The van der Waals surface area contributed by atoms with E-state index in [-0.39, 0.29) is 0 Å². The van der Waals surface area contributed by atoms with Gasteiger partial charge in [-0.25, -0.2) is 4.98 Å². The maximum absolute atomic E-state index is 5.48. The van der Waals surface area contributed by atoms with Crippen molar-refractivity contribution in [2.75, 3.05) is 38.3 Å². The number of aromatic amines is 1. The first-order valence-corrected chi connectivity index (χ1v) is 7.80. The highest BCUT2D eigenvalue weighted by Gasteiger charge is 2.18. The van der Waals surface area contributed by atoms with E-state index in [1.165, 1.54) is 5.69 Å². The number of fused-ring (bicyclic) bond motifs is 1. The Labute approximate surface area is 134 Å². The molecule has 1 aromatic carbocycles. The molecule has 0 aliphatic carbocycles. The number of H-pyrrole nitrogens is 1. The number of nitrogens with one attached hydrogen (secondary N) is 1. The van der Waals surface area contributed by atoms with Crippen LogP contribution in [-0.2, 0) is 4.74 Å². The normalized spacial score (nSPS) is 15.1. The molecule has 3 aromatic rings. The third-order valence-corrected chi connectivity index (χ3v) is 4.28. The highest BCUT2D eigenvalue weighted by molar-refractivity contribution is 6.02. The molecule has 0 saturated carbocycles. The number of rotatable bonds is 3. The van der Waals surface area contributed by atoms with Crippen LogP contribution in [0.3, 0.4) is 0 Å². The van der Waals surface area contributed by atoms with Gasteiger partial charge in [-0.2, -0.15) is 0 Å². The number of benzene rings is 1. The quantitative estimate of drug-likeness (QED) is 0.808. The number of hydrogen-bond acceptors (Lipinski definition) is 4. The molecule has 1 saturated heterocycles. The van der Waals surface area contributed by atoms with Crippen LogP contribution in [-0.4, -0.2) is 43.4 Å². The van der Waals surface area contributed by atoms with E-state index in [0.29, 0.717) is 0 Å². The summed E-state index contributed by atoms with van der Waals surface area (Å²) in [6.45, 7) is 3.34. The first-order chi connectivity index (χ1) is 11.4. The largest absolute Gasteiger partial charge is 0.497 e. The van der Waals surface area contributed by atoms with Gasteiger partial charge in [0.25, 0.3) is 0 Å². The molecule has 3 heterocycles. The molecule has 2 aromatic heterocycles. The topological polar surface area (TPSA) is 50.4 Å². The third-order valence-electron chi connectivity index (χ3n) is 4.28. The lowest BCUT2D eigenvalue weighted by molar-refractivity contribution is 0.123. The Hall–Kier alpha value is -2.53. The first kappa shape index (κ1) is 14.1. The van der Waals surface area contributed by atoms with Crippen molar-refractivity contribution < 1.29 is 9.47 Å². The number of hydrogen-bond donors (Lipinski definition) is 1. The third kappa shape index (κ3) is 2.53. The first-order valence-electron chi connectivity index (χ1n) is 7.80. The zero-order chi connectivity index (χ0) is 15.6. The molecule has 1 fully saturated rings. The van der Waals surface area contributed by atoms with E-state index >= 15 is 0 Å². The number of anilines is 1. The van der Waals surface area contributed by atoms with Crippen molar-refractivity contribution in [1.29, 1.82) is 0 Å². The van der Waals surface area contributed by atoms with Gasteiger partial charge in [0.1, 0.15) is 11.4 Å². The Morgan fingerprint density at radius 2 is 2.09 bits per heavy atom. The number of nitrogens with zero attached hydrogens (tertiary/aromatic N) is 2. The number of ether oxygens (including phenoxy) is 2. The molecule has 0 bridgehead atoms. The van der Waals surface area contributed by atoms with Gasteiger partial charge in [0.2, 0.25) is 0 Å². The molecule has 5 heteroatoms. The molecule has 4 rings (SSSR count). The molecular formula is C18H19N3O2. The summed E-state index contributed by atoms with van der Waals surface area (Å²) in [6.07, 6.45) is 3.88. The molecule has 0 atom stereocenters. The van der Waals surface area contributed by atoms with Crippen molar-refractivity contribution in [2.24, 2.45) is 0 Å². The second-order valence-corrected chi connectivity index (χ2v) is 5.59. The summed E-state index contributed by atoms with van der Waals surface area (Å²) in [5, 5.41) is 1.16. The summed E-state index contributed by atoms with van der Waals surface area (Å²) in [5.41, 5.74) is 4.38. The van der Waals surface area contributed by atoms with Gasteiger partial charge in [-0.3, -0.25) is 0 Å². The van der Waals surface area contributed by atoms with Crippen molar-refractivity contribution in [1.82, 2.24) is 9.97 Å². The predicted octanol–water partition coefficient (Wildman–Crippen LogP) is 3.08. The van der Waals surface area contributed by atoms with Crippen molar-refractivity contribution in [2.45, 2.75) is 0 Å². The Bertz CT molecular complexity index is 822. The predicted molar refractivity (Wildman–Crippen MR) is 91.1 cm³/mol. The molecule has 0 radical (unpaired) electrons. The van der Waals surface area contributed by atoms with E-state index in [9.17, 15) is 0 Å². The van der Waals surface area contributed by atoms with E-state index in [1.54, 1.807) is 7.11 Å². The van der Waals surface area contributed by atoms with E-state index in [2.05, 4.69) is 33.1 Å². The maximum Gasteiger partial charge on any atom is 0.139 e. The second-order valence-electron chi connectivity index (χ2n) is 5.59. The lowest BCUT2D eigenvalue weighted by Crippen LogP contribution is -2.36. The average molecular weight is 309 g/mol. The summed E-state index contributed by atoms with van der Waals surface area (Å²) >= 11 is 0. The molecule has 1 aliphatic heterocycles. The van der Waals surface area contributed by atoms with Crippen LogP contribution in [0.25, 0.3) is 22.2 Å². The lowest BCUT2D eigenvalue weighted by atomic mass is 10.0. The van der Waals surface area contributed by atoms with Gasteiger partial charge in [-0.1, -0.05) is 12.1 Å². The second kappa shape index (κ2) is 5.93. The minimum Gasteiger partial charge on any atom is -0.497 e. The lowest BCUT2D eigenvalue weighted by Gasteiger charge is -2.29. The minimum atomic E-state index is 0.767. The molecule has 0 amide bonds. The number of pyridine rings is 1. The molecule has 0 spiro atoms. The standard InChI is InChI=1S/C18H19N3O2/c1-22-14-4-2-3-13(11-14)15-12-20-18-17(15)16(5-6-19-18)21-7-9-23-10-8-21/h2-6,11-12H,7-10H2,1H3,(H,19,20).